The van der Waals surface area contributed by atoms with Crippen molar-refractivity contribution in [1.29, 1.82) is 0 Å². The molecule has 0 unspecified atom stereocenters. The first kappa shape index (κ1) is 18.7. The van der Waals surface area contributed by atoms with E-state index in [2.05, 4.69) is 5.32 Å². The van der Waals surface area contributed by atoms with E-state index >= 15 is 0 Å². The van der Waals surface area contributed by atoms with Gasteiger partial charge in [0, 0.05) is 18.6 Å². The number of carboxylic acids is 1. The minimum atomic E-state index is -4.71. The van der Waals surface area contributed by atoms with E-state index in [9.17, 15) is 22.4 Å². The third-order valence-corrected chi connectivity index (χ3v) is 4.31. The third kappa shape index (κ3) is 4.67. The molecule has 0 bridgehead atoms. The Balaban J connectivity index is 1.85. The Morgan fingerprint density at radius 1 is 1.38 bits per heavy atom. The molecule has 2 N–H and O–H groups in total. The first-order valence-electron chi connectivity index (χ1n) is 7.75. The molecule has 0 aliphatic heterocycles. The van der Waals surface area contributed by atoms with E-state index in [0.29, 0.717) is 12.1 Å². The molecule has 0 atom stereocenters. The number of nitrogens with zero attached hydrogens (tertiary/aromatic N) is 1. The lowest BCUT2D eigenvalue weighted by Gasteiger charge is -2.42. The molecule has 4 nitrogen and oxygen atoms in total. The number of halogens is 4. The van der Waals surface area contributed by atoms with Gasteiger partial charge in [-0.25, -0.2) is 4.39 Å². The summed E-state index contributed by atoms with van der Waals surface area (Å²) < 4.78 is 51.3. The molecule has 134 valence electrons. The second-order valence-electron chi connectivity index (χ2n) is 5.97. The van der Waals surface area contributed by atoms with Gasteiger partial charge in [0.1, 0.15) is 5.82 Å². The van der Waals surface area contributed by atoms with Gasteiger partial charge in [0.15, 0.2) is 0 Å². The molecule has 1 saturated carbocycles. The summed E-state index contributed by atoms with van der Waals surface area (Å²) >= 11 is 0. The first-order chi connectivity index (χ1) is 11.2. The summed E-state index contributed by atoms with van der Waals surface area (Å²) in [6, 6.07) is 3.27. The third-order valence-electron chi connectivity index (χ3n) is 4.31. The number of alkyl halides is 3. The minimum absolute atomic E-state index is 0.0131. The van der Waals surface area contributed by atoms with Crippen LogP contribution >= 0.6 is 0 Å². The van der Waals surface area contributed by atoms with Crippen molar-refractivity contribution in [2.24, 2.45) is 0 Å². The predicted molar refractivity (Wildman–Crippen MR) is 79.9 cm³/mol. The van der Waals surface area contributed by atoms with E-state index in [1.165, 1.54) is 6.07 Å². The van der Waals surface area contributed by atoms with E-state index in [0.717, 1.165) is 25.0 Å². The quantitative estimate of drug-likeness (QED) is 0.744. The van der Waals surface area contributed by atoms with Crippen LogP contribution in [-0.2, 0) is 17.5 Å². The summed E-state index contributed by atoms with van der Waals surface area (Å²) in [4.78, 5) is 12.6. The highest BCUT2D eigenvalue weighted by molar-refractivity contribution is 5.69. The molecule has 8 heteroatoms. The number of hydrogen-bond acceptors (Lipinski definition) is 3. The van der Waals surface area contributed by atoms with E-state index in [4.69, 9.17) is 5.11 Å². The number of rotatable bonds is 7. The largest absolute Gasteiger partial charge is 0.480 e. The molecule has 1 fully saturated rings. The summed E-state index contributed by atoms with van der Waals surface area (Å²) in [5.74, 6) is -2.15. The Morgan fingerprint density at radius 2 is 2.04 bits per heavy atom. The molecular weight excluding hydrogens is 328 g/mol. The topological polar surface area (TPSA) is 52.6 Å². The normalized spacial score (nSPS) is 20.9. The average Bonchev–Trinajstić information content (AvgIpc) is 2.44. The Morgan fingerprint density at radius 3 is 2.58 bits per heavy atom. The molecule has 0 spiro atoms. The highest BCUT2D eigenvalue weighted by atomic mass is 19.4. The van der Waals surface area contributed by atoms with Gasteiger partial charge < -0.3 is 10.4 Å². The van der Waals surface area contributed by atoms with Crippen LogP contribution in [0.4, 0.5) is 17.6 Å². The fraction of sp³-hybridized carbons (Fsp3) is 0.562. The van der Waals surface area contributed by atoms with Crippen LogP contribution in [0.3, 0.4) is 0 Å². The van der Waals surface area contributed by atoms with E-state index in [1.54, 1.807) is 0 Å². The Hall–Kier alpha value is -1.67. The SMILES string of the molecule is CCN(CC(=O)O)C1CC(NCc2ccc(F)c(C(F)(F)F)c2)C1. The van der Waals surface area contributed by atoms with Gasteiger partial charge >= 0.3 is 12.1 Å². The molecule has 1 aliphatic rings. The number of hydrogen-bond donors (Lipinski definition) is 2. The average molecular weight is 348 g/mol. The summed E-state index contributed by atoms with van der Waals surface area (Å²) in [6.45, 7) is 2.73. The van der Waals surface area contributed by atoms with Crippen molar-refractivity contribution >= 4 is 5.97 Å². The smallest absolute Gasteiger partial charge is 0.419 e. The fourth-order valence-corrected chi connectivity index (χ4v) is 2.89. The zero-order valence-corrected chi connectivity index (χ0v) is 13.2. The molecule has 24 heavy (non-hydrogen) atoms. The van der Waals surface area contributed by atoms with Gasteiger partial charge in [-0.1, -0.05) is 13.0 Å². The van der Waals surface area contributed by atoms with Gasteiger partial charge in [0.25, 0.3) is 0 Å². The monoisotopic (exact) mass is 348 g/mol. The van der Waals surface area contributed by atoms with Crippen LogP contribution in [0.15, 0.2) is 18.2 Å². The molecule has 1 aliphatic carbocycles. The predicted octanol–water partition coefficient (Wildman–Crippen LogP) is 2.87. The molecule has 1 aromatic rings. The highest BCUT2D eigenvalue weighted by Gasteiger charge is 2.35. The maximum Gasteiger partial charge on any atom is 0.419 e. The van der Waals surface area contributed by atoms with Crippen LogP contribution in [0.25, 0.3) is 0 Å². The molecule has 0 saturated heterocycles. The van der Waals surface area contributed by atoms with Crippen molar-refractivity contribution in [2.45, 2.75) is 44.6 Å². The lowest BCUT2D eigenvalue weighted by atomic mass is 9.85. The second-order valence-corrected chi connectivity index (χ2v) is 5.97. The fourth-order valence-electron chi connectivity index (χ4n) is 2.89. The lowest BCUT2D eigenvalue weighted by molar-refractivity contribution is -0.140. The van der Waals surface area contributed by atoms with E-state index < -0.39 is 23.5 Å². The molecule has 0 aromatic heterocycles. The molecule has 1 aromatic carbocycles. The molecule has 0 radical (unpaired) electrons. The number of benzene rings is 1. The lowest BCUT2D eigenvalue weighted by Crippen LogP contribution is -2.53. The first-order valence-corrected chi connectivity index (χ1v) is 7.75. The summed E-state index contributed by atoms with van der Waals surface area (Å²) in [7, 11) is 0. The second kappa shape index (κ2) is 7.48. The summed E-state index contributed by atoms with van der Waals surface area (Å²) in [5.41, 5.74) is -0.892. The van der Waals surface area contributed by atoms with Gasteiger partial charge in [0.2, 0.25) is 0 Å². The van der Waals surface area contributed by atoms with Gasteiger partial charge in [-0.15, -0.1) is 0 Å². The maximum absolute atomic E-state index is 13.2. The van der Waals surface area contributed by atoms with Crippen LogP contribution in [0.5, 0.6) is 0 Å². The van der Waals surface area contributed by atoms with Crippen LogP contribution < -0.4 is 5.32 Å². The number of aliphatic carboxylic acids is 1. The minimum Gasteiger partial charge on any atom is -0.480 e. The van der Waals surface area contributed by atoms with Gasteiger partial charge in [-0.2, -0.15) is 13.2 Å². The van der Waals surface area contributed by atoms with Crippen molar-refractivity contribution < 1.29 is 27.5 Å². The summed E-state index contributed by atoms with van der Waals surface area (Å²) in [5, 5.41) is 12.0. The number of carboxylic acid groups (broad SMARTS) is 1. The number of carbonyl (C=O) groups is 1. The Labute approximate surface area is 137 Å². The van der Waals surface area contributed by atoms with E-state index in [-0.39, 0.29) is 25.2 Å². The Kier molecular flexibility index (Phi) is 5.82. The van der Waals surface area contributed by atoms with Crippen LogP contribution in [0.1, 0.15) is 30.9 Å². The van der Waals surface area contributed by atoms with Gasteiger partial charge in [0.05, 0.1) is 12.1 Å². The van der Waals surface area contributed by atoms with Crippen LogP contribution in [-0.4, -0.2) is 41.1 Å². The van der Waals surface area contributed by atoms with Crippen LogP contribution in [0, 0.1) is 5.82 Å². The van der Waals surface area contributed by atoms with Crippen molar-refractivity contribution in [1.82, 2.24) is 10.2 Å². The van der Waals surface area contributed by atoms with Crippen LogP contribution in [0.2, 0.25) is 0 Å². The maximum atomic E-state index is 13.2. The highest BCUT2D eigenvalue weighted by Crippen LogP contribution is 2.32. The standard InChI is InChI=1S/C16H20F4N2O2/c1-2-22(9-15(23)24)12-6-11(7-12)21-8-10-3-4-14(17)13(5-10)16(18,19)20/h3-5,11-12,21H,2,6-9H2,1H3,(H,23,24). The van der Waals surface area contributed by atoms with Crippen molar-refractivity contribution in [3.05, 3.63) is 35.1 Å². The number of likely N-dealkylation sites (N-methyl/N-ethyl adjacent to an activating group) is 1. The number of nitrogens with one attached hydrogen (secondary N) is 1. The molecule has 0 heterocycles. The van der Waals surface area contributed by atoms with Crippen molar-refractivity contribution in [3.63, 3.8) is 0 Å². The van der Waals surface area contributed by atoms with E-state index in [1.807, 2.05) is 11.8 Å². The zero-order valence-electron chi connectivity index (χ0n) is 13.2. The zero-order chi connectivity index (χ0) is 17.9. The van der Waals surface area contributed by atoms with Gasteiger partial charge in [-0.05, 0) is 37.1 Å². The van der Waals surface area contributed by atoms with Gasteiger partial charge in [-0.3, -0.25) is 9.69 Å². The molecular formula is C16H20F4N2O2. The molecule has 0 amide bonds. The van der Waals surface area contributed by atoms with Crippen molar-refractivity contribution in [2.75, 3.05) is 13.1 Å². The van der Waals surface area contributed by atoms with Crippen molar-refractivity contribution in [3.8, 4) is 0 Å². The summed E-state index contributed by atoms with van der Waals surface area (Å²) in [6.07, 6.45) is -3.22. The Bertz CT molecular complexity index is 586. The molecule has 2 rings (SSSR count).